The molecule has 0 radical (unpaired) electrons. The average Bonchev–Trinajstić information content (AvgIpc) is 2.01. The summed E-state index contributed by atoms with van der Waals surface area (Å²) in [4.78, 5) is 0. The van der Waals surface area contributed by atoms with E-state index in [1.165, 1.54) is 0 Å². The van der Waals surface area contributed by atoms with Crippen LogP contribution in [0.2, 0.25) is 0 Å². The van der Waals surface area contributed by atoms with Crippen LogP contribution < -0.4 is 0 Å². The van der Waals surface area contributed by atoms with Crippen LogP contribution in [-0.4, -0.2) is 22.9 Å². The van der Waals surface area contributed by atoms with Gasteiger partial charge in [0.15, 0.2) is 0 Å². The van der Waals surface area contributed by atoms with Crippen molar-refractivity contribution in [2.24, 2.45) is 0 Å². The molecule has 0 aliphatic carbocycles. The lowest BCUT2D eigenvalue weighted by Gasteiger charge is -2.41. The van der Waals surface area contributed by atoms with E-state index < -0.39 is 5.60 Å². The van der Waals surface area contributed by atoms with Crippen LogP contribution in [0, 0.1) is 12.3 Å². The maximum absolute atomic E-state index is 10.3. The molecular weight excluding hydrogens is 176 g/mol. The largest absolute Gasteiger partial charge is 0.390 e. The van der Waals surface area contributed by atoms with Crippen molar-refractivity contribution in [3.05, 3.63) is 0 Å². The predicted octanol–water partition coefficient (Wildman–Crippen LogP) is 2.11. The molecule has 0 aromatic carbocycles. The quantitative estimate of drug-likeness (QED) is 0.553. The van der Waals surface area contributed by atoms with Crippen molar-refractivity contribution < 1.29 is 9.84 Å². The summed E-state index contributed by atoms with van der Waals surface area (Å²) in [6.45, 7) is 4.70. The summed E-state index contributed by atoms with van der Waals surface area (Å²) in [5, 5.41) is 10.3. The maximum atomic E-state index is 10.3. The molecule has 1 saturated heterocycles. The smallest absolute Gasteiger partial charge is 0.0697 e. The normalized spacial score (nSPS) is 31.0. The Morgan fingerprint density at radius 3 is 2.79 bits per heavy atom. The van der Waals surface area contributed by atoms with E-state index >= 15 is 0 Å². The van der Waals surface area contributed by atoms with Crippen molar-refractivity contribution in [3.8, 4) is 12.3 Å². The van der Waals surface area contributed by atoms with Gasteiger partial charge in [0.25, 0.3) is 0 Å². The molecule has 1 unspecified atom stereocenters. The van der Waals surface area contributed by atoms with Gasteiger partial charge >= 0.3 is 0 Å². The fourth-order valence-corrected chi connectivity index (χ4v) is 2.18. The Kier molecular flexibility index (Phi) is 3.58. The number of aliphatic hydroxyl groups is 1. The molecular formula is C12H20O2. The predicted molar refractivity (Wildman–Crippen MR) is 56.9 cm³/mol. The first kappa shape index (κ1) is 11.6. The summed E-state index contributed by atoms with van der Waals surface area (Å²) < 4.78 is 5.57. The first-order valence-corrected chi connectivity index (χ1v) is 5.27. The number of ether oxygens (including phenoxy) is 1. The van der Waals surface area contributed by atoms with E-state index in [1.807, 2.05) is 13.8 Å². The summed E-state index contributed by atoms with van der Waals surface area (Å²) >= 11 is 0. The Morgan fingerprint density at radius 1 is 1.50 bits per heavy atom. The first-order valence-electron chi connectivity index (χ1n) is 5.27. The molecule has 0 saturated carbocycles. The fourth-order valence-electron chi connectivity index (χ4n) is 2.18. The second-order valence-corrected chi connectivity index (χ2v) is 4.82. The molecule has 0 aromatic heterocycles. The zero-order chi connectivity index (χ0) is 10.7. The van der Waals surface area contributed by atoms with Gasteiger partial charge in [-0.05, 0) is 33.1 Å². The molecule has 1 atom stereocenters. The zero-order valence-electron chi connectivity index (χ0n) is 9.18. The molecule has 1 aliphatic heterocycles. The highest BCUT2D eigenvalue weighted by molar-refractivity contribution is 4.92. The standard InChI is InChI=1S/C12H20O2/c1-4-5-6-7-12(13)8-9-14-11(2,3)10-12/h1,13H,5-10H2,2-3H3. The minimum Gasteiger partial charge on any atom is -0.390 e. The van der Waals surface area contributed by atoms with Crippen LogP contribution in [-0.2, 0) is 4.74 Å². The van der Waals surface area contributed by atoms with Gasteiger partial charge in [-0.3, -0.25) is 0 Å². The third-order valence-electron chi connectivity index (χ3n) is 2.78. The van der Waals surface area contributed by atoms with E-state index in [0.717, 1.165) is 25.7 Å². The van der Waals surface area contributed by atoms with E-state index in [0.29, 0.717) is 13.0 Å². The second kappa shape index (κ2) is 4.33. The van der Waals surface area contributed by atoms with E-state index in [4.69, 9.17) is 11.2 Å². The van der Waals surface area contributed by atoms with E-state index in [1.54, 1.807) is 0 Å². The zero-order valence-corrected chi connectivity index (χ0v) is 9.18. The van der Waals surface area contributed by atoms with Crippen LogP contribution in [0.15, 0.2) is 0 Å². The Bertz CT molecular complexity index is 227. The Labute approximate surface area is 86.7 Å². The molecule has 1 rings (SSSR count). The number of rotatable bonds is 3. The molecule has 0 spiro atoms. The van der Waals surface area contributed by atoms with E-state index in [9.17, 15) is 5.11 Å². The number of hydrogen-bond acceptors (Lipinski definition) is 2. The van der Waals surface area contributed by atoms with Gasteiger partial charge in [-0.15, -0.1) is 12.3 Å². The Balaban J connectivity index is 2.44. The Morgan fingerprint density at radius 2 is 2.21 bits per heavy atom. The first-order chi connectivity index (χ1) is 6.47. The molecule has 80 valence electrons. The monoisotopic (exact) mass is 196 g/mol. The van der Waals surface area contributed by atoms with Crippen LogP contribution in [0.5, 0.6) is 0 Å². The summed E-state index contributed by atoms with van der Waals surface area (Å²) in [6, 6.07) is 0. The summed E-state index contributed by atoms with van der Waals surface area (Å²) in [6.07, 6.45) is 9.09. The summed E-state index contributed by atoms with van der Waals surface area (Å²) in [7, 11) is 0. The van der Waals surface area contributed by atoms with Crippen molar-refractivity contribution in [3.63, 3.8) is 0 Å². The van der Waals surface area contributed by atoms with Gasteiger partial charge < -0.3 is 9.84 Å². The second-order valence-electron chi connectivity index (χ2n) is 4.82. The van der Waals surface area contributed by atoms with Gasteiger partial charge in [-0.25, -0.2) is 0 Å². The average molecular weight is 196 g/mol. The van der Waals surface area contributed by atoms with Crippen molar-refractivity contribution in [2.75, 3.05) is 6.61 Å². The third kappa shape index (κ3) is 3.32. The van der Waals surface area contributed by atoms with Crippen LogP contribution in [0.25, 0.3) is 0 Å². The molecule has 0 aromatic rings. The molecule has 14 heavy (non-hydrogen) atoms. The molecule has 0 amide bonds. The van der Waals surface area contributed by atoms with Crippen molar-refractivity contribution in [1.82, 2.24) is 0 Å². The van der Waals surface area contributed by atoms with Gasteiger partial charge in [0.05, 0.1) is 17.8 Å². The molecule has 1 N–H and O–H groups in total. The van der Waals surface area contributed by atoms with Crippen molar-refractivity contribution in [2.45, 2.75) is 57.2 Å². The number of hydrogen-bond donors (Lipinski definition) is 1. The third-order valence-corrected chi connectivity index (χ3v) is 2.78. The molecule has 2 heteroatoms. The lowest BCUT2D eigenvalue weighted by Crippen LogP contribution is -2.45. The van der Waals surface area contributed by atoms with Crippen LogP contribution >= 0.6 is 0 Å². The molecule has 1 fully saturated rings. The van der Waals surface area contributed by atoms with Gasteiger partial charge in [0.2, 0.25) is 0 Å². The molecule has 2 nitrogen and oxygen atoms in total. The van der Waals surface area contributed by atoms with Gasteiger partial charge in [0, 0.05) is 12.8 Å². The van der Waals surface area contributed by atoms with Crippen LogP contribution in [0.4, 0.5) is 0 Å². The summed E-state index contributed by atoms with van der Waals surface area (Å²) in [5.74, 6) is 2.60. The van der Waals surface area contributed by atoms with Crippen molar-refractivity contribution >= 4 is 0 Å². The molecule has 0 bridgehead atoms. The minimum absolute atomic E-state index is 0.191. The Hall–Kier alpha value is -0.520. The van der Waals surface area contributed by atoms with E-state index in [2.05, 4.69) is 5.92 Å². The highest BCUT2D eigenvalue weighted by atomic mass is 16.5. The summed E-state index contributed by atoms with van der Waals surface area (Å²) in [5.41, 5.74) is -0.748. The molecule has 1 aliphatic rings. The van der Waals surface area contributed by atoms with Crippen LogP contribution in [0.3, 0.4) is 0 Å². The highest BCUT2D eigenvalue weighted by Crippen LogP contribution is 2.35. The van der Waals surface area contributed by atoms with Crippen LogP contribution in [0.1, 0.15) is 46.0 Å². The lowest BCUT2D eigenvalue weighted by molar-refractivity contribution is -0.146. The topological polar surface area (TPSA) is 29.5 Å². The van der Waals surface area contributed by atoms with Gasteiger partial charge in [-0.2, -0.15) is 0 Å². The fraction of sp³-hybridized carbons (Fsp3) is 0.833. The van der Waals surface area contributed by atoms with E-state index in [-0.39, 0.29) is 5.60 Å². The number of unbranched alkanes of at least 4 members (excludes halogenated alkanes) is 1. The minimum atomic E-state index is -0.557. The maximum Gasteiger partial charge on any atom is 0.0697 e. The number of terminal acetylenes is 1. The van der Waals surface area contributed by atoms with Crippen molar-refractivity contribution in [1.29, 1.82) is 0 Å². The SMILES string of the molecule is C#CCCCC1(O)CCOC(C)(C)C1. The van der Waals surface area contributed by atoms with Gasteiger partial charge in [-0.1, -0.05) is 0 Å². The lowest BCUT2D eigenvalue weighted by atomic mass is 9.81. The molecule has 1 heterocycles. The highest BCUT2D eigenvalue weighted by Gasteiger charge is 2.38. The van der Waals surface area contributed by atoms with Gasteiger partial charge in [0.1, 0.15) is 0 Å².